The number of nitrogens with zero attached hydrogens (tertiary/aromatic N) is 3. The van der Waals surface area contributed by atoms with Crippen LogP contribution >= 0.6 is 11.6 Å². The van der Waals surface area contributed by atoms with Gasteiger partial charge in [-0.3, -0.25) is 9.69 Å². The van der Waals surface area contributed by atoms with E-state index >= 15 is 4.39 Å². The molecule has 1 saturated heterocycles. The molecule has 1 N–H and O–H groups in total. The Labute approximate surface area is 297 Å². The Kier molecular flexibility index (Phi) is 9.81. The molecule has 0 radical (unpaired) electrons. The van der Waals surface area contributed by atoms with Crippen molar-refractivity contribution in [1.82, 2.24) is 14.7 Å². The second-order valence-corrected chi connectivity index (χ2v) is 13.4. The number of nitrogens with one attached hydrogen (secondary N) is 1. The molecule has 1 aliphatic heterocycles. The summed E-state index contributed by atoms with van der Waals surface area (Å²) in [7, 11) is 1.72. The third-order valence-corrected chi connectivity index (χ3v) is 10.3. The number of ether oxygens (including phenoxy) is 1. The summed E-state index contributed by atoms with van der Waals surface area (Å²) in [4.78, 5) is 16.4. The number of rotatable bonds is 10. The molecule has 0 bridgehead atoms. The summed E-state index contributed by atoms with van der Waals surface area (Å²) in [5.74, 6) is -0.250. The van der Waals surface area contributed by atoms with E-state index in [0.717, 1.165) is 48.1 Å². The van der Waals surface area contributed by atoms with Crippen molar-refractivity contribution in [2.45, 2.75) is 31.3 Å². The van der Waals surface area contributed by atoms with Crippen LogP contribution in [0.3, 0.4) is 0 Å². The molecule has 8 heteroatoms. The molecule has 1 atom stereocenters. The molecule has 50 heavy (non-hydrogen) atoms. The second-order valence-electron chi connectivity index (χ2n) is 13.0. The molecular weight excluding hydrogens is 647 g/mol. The molecule has 2 heterocycles. The predicted octanol–water partition coefficient (Wildman–Crippen LogP) is 9.02. The molecule has 1 amide bonds. The molecule has 254 valence electrons. The van der Waals surface area contributed by atoms with Crippen LogP contribution in [0.1, 0.15) is 36.5 Å². The number of halogens is 2. The van der Waals surface area contributed by atoms with Crippen LogP contribution < -0.4 is 5.32 Å². The number of likely N-dealkylation sites (tertiary alicyclic amines) is 1. The number of piperidine rings is 1. The third-order valence-electron chi connectivity index (χ3n) is 10.00. The number of benzene rings is 5. The number of methoxy groups -OCH3 is 1. The van der Waals surface area contributed by atoms with Crippen molar-refractivity contribution in [3.05, 3.63) is 155 Å². The molecule has 1 aromatic heterocycles. The monoisotopic (exact) mass is 686 g/mol. The van der Waals surface area contributed by atoms with E-state index in [-0.39, 0.29) is 17.9 Å². The predicted molar refractivity (Wildman–Crippen MR) is 199 cm³/mol. The van der Waals surface area contributed by atoms with Gasteiger partial charge < -0.3 is 10.1 Å². The van der Waals surface area contributed by atoms with Gasteiger partial charge in [-0.25, -0.2) is 9.07 Å². The van der Waals surface area contributed by atoms with Crippen molar-refractivity contribution >= 4 is 34.2 Å². The first-order valence-corrected chi connectivity index (χ1v) is 17.5. The van der Waals surface area contributed by atoms with Crippen molar-refractivity contribution in [2.24, 2.45) is 5.92 Å². The average molecular weight is 687 g/mol. The zero-order valence-corrected chi connectivity index (χ0v) is 29.0. The summed E-state index contributed by atoms with van der Waals surface area (Å²) < 4.78 is 22.7. The van der Waals surface area contributed by atoms with Gasteiger partial charge in [-0.2, -0.15) is 5.10 Å². The first-order chi connectivity index (χ1) is 24.4. The fourth-order valence-corrected chi connectivity index (χ4v) is 7.74. The second kappa shape index (κ2) is 14.6. The van der Waals surface area contributed by atoms with Crippen molar-refractivity contribution in [3.63, 3.8) is 0 Å². The summed E-state index contributed by atoms with van der Waals surface area (Å²) in [5, 5.41) is 9.54. The van der Waals surface area contributed by atoms with Gasteiger partial charge in [-0.1, -0.05) is 115 Å². The Hall–Kier alpha value is -4.82. The molecule has 1 aliphatic rings. The first-order valence-electron chi connectivity index (χ1n) is 17.1. The number of hydrogen-bond acceptors (Lipinski definition) is 4. The highest BCUT2D eigenvalue weighted by molar-refractivity contribution is 6.33. The van der Waals surface area contributed by atoms with Crippen LogP contribution in [0.5, 0.6) is 0 Å². The van der Waals surface area contributed by atoms with Gasteiger partial charge in [0.25, 0.3) is 0 Å². The summed E-state index contributed by atoms with van der Waals surface area (Å²) >= 11 is 6.57. The molecule has 0 spiro atoms. The number of aromatic nitrogens is 2. The van der Waals surface area contributed by atoms with E-state index in [1.165, 1.54) is 6.07 Å². The van der Waals surface area contributed by atoms with Crippen LogP contribution in [0.4, 0.5) is 10.2 Å². The normalized spacial score (nSPS) is 14.9. The van der Waals surface area contributed by atoms with E-state index in [4.69, 9.17) is 21.4 Å². The lowest BCUT2D eigenvalue weighted by atomic mass is 9.77. The van der Waals surface area contributed by atoms with Gasteiger partial charge in [0.05, 0.1) is 17.1 Å². The molecule has 6 nitrogen and oxygen atoms in total. The zero-order chi connectivity index (χ0) is 34.7. The number of anilines is 1. The molecule has 0 aliphatic carbocycles. The molecule has 1 fully saturated rings. The topological polar surface area (TPSA) is 59.4 Å². The molecule has 0 saturated carbocycles. The molecular formula is C42H40ClFN4O2. The maximum absolute atomic E-state index is 15.3. The smallest absolute Gasteiger partial charge is 0.228 e. The van der Waals surface area contributed by atoms with E-state index in [9.17, 15) is 4.79 Å². The van der Waals surface area contributed by atoms with Crippen LogP contribution in [0, 0.1) is 11.7 Å². The fourth-order valence-electron chi connectivity index (χ4n) is 7.47. The summed E-state index contributed by atoms with van der Waals surface area (Å²) in [5.41, 5.74) is 3.75. The van der Waals surface area contributed by atoms with E-state index in [1.54, 1.807) is 19.2 Å². The van der Waals surface area contributed by atoms with Crippen molar-refractivity contribution < 1.29 is 13.9 Å². The van der Waals surface area contributed by atoms with E-state index in [2.05, 4.69) is 53.5 Å². The van der Waals surface area contributed by atoms with Crippen LogP contribution in [0.2, 0.25) is 5.02 Å². The summed E-state index contributed by atoms with van der Waals surface area (Å²) in [6.45, 7) is 4.43. The highest BCUT2D eigenvalue weighted by atomic mass is 35.5. The van der Waals surface area contributed by atoms with Crippen LogP contribution in [-0.2, 0) is 15.1 Å². The highest BCUT2D eigenvalue weighted by Crippen LogP contribution is 2.44. The quantitative estimate of drug-likeness (QED) is 0.146. The van der Waals surface area contributed by atoms with E-state index < -0.39 is 11.4 Å². The van der Waals surface area contributed by atoms with Gasteiger partial charge in [0.15, 0.2) is 5.82 Å². The maximum Gasteiger partial charge on any atom is 0.228 e. The molecule has 6 aromatic rings. The summed E-state index contributed by atoms with van der Waals surface area (Å²) in [6.07, 6.45) is 1.47. The Bertz CT molecular complexity index is 1960. The van der Waals surface area contributed by atoms with Crippen molar-refractivity contribution in [2.75, 3.05) is 32.1 Å². The Balaban J connectivity index is 1.42. The van der Waals surface area contributed by atoms with Crippen LogP contribution in [0.15, 0.2) is 127 Å². The van der Waals surface area contributed by atoms with Crippen LogP contribution in [0.25, 0.3) is 22.0 Å². The lowest BCUT2D eigenvalue weighted by Gasteiger charge is -2.37. The molecule has 1 unspecified atom stereocenters. The van der Waals surface area contributed by atoms with E-state index in [0.29, 0.717) is 34.0 Å². The number of carbonyl (C=O) groups is 1. The lowest BCUT2D eigenvalue weighted by molar-refractivity contribution is -0.121. The minimum absolute atomic E-state index is 0.0744. The number of fused-ring (bicyclic) bond motifs is 1. The summed E-state index contributed by atoms with van der Waals surface area (Å²) in [6, 6.07) is 41.5. The maximum atomic E-state index is 15.3. The molecule has 5 aromatic carbocycles. The molecule has 7 rings (SSSR count). The van der Waals surface area contributed by atoms with Crippen molar-refractivity contribution in [3.8, 4) is 11.1 Å². The first kappa shape index (κ1) is 33.7. The number of amides is 1. The Morgan fingerprint density at radius 3 is 2.00 bits per heavy atom. The van der Waals surface area contributed by atoms with Gasteiger partial charge >= 0.3 is 0 Å². The number of hydrogen-bond donors (Lipinski definition) is 1. The Morgan fingerprint density at radius 1 is 0.880 bits per heavy atom. The van der Waals surface area contributed by atoms with Gasteiger partial charge in [-0.15, -0.1) is 0 Å². The number of carbonyl (C=O) groups excluding carboxylic acids is 1. The Morgan fingerprint density at radius 2 is 1.46 bits per heavy atom. The van der Waals surface area contributed by atoms with Gasteiger partial charge in [0.2, 0.25) is 5.91 Å². The highest BCUT2D eigenvalue weighted by Gasteiger charge is 2.41. The third kappa shape index (κ3) is 6.22. The van der Waals surface area contributed by atoms with Gasteiger partial charge in [0.1, 0.15) is 11.4 Å². The largest absolute Gasteiger partial charge is 0.383 e. The van der Waals surface area contributed by atoms with Crippen molar-refractivity contribution in [1.29, 1.82) is 0 Å². The van der Waals surface area contributed by atoms with Crippen LogP contribution in [-0.4, -0.2) is 53.4 Å². The van der Waals surface area contributed by atoms with E-state index in [1.807, 2.05) is 77.5 Å². The lowest BCUT2D eigenvalue weighted by Crippen LogP contribution is -2.44. The fraction of sp³-hybridized carbons (Fsp3) is 0.238. The SMILES string of the molecule is COCC(C)N1CCC(C(=O)Nc2nn(C(c3ccccc3)(c3ccccc3)c3ccccc3)c3ccc(-c4c(F)cccc4Cl)cc23)CC1. The van der Waals surface area contributed by atoms with Gasteiger partial charge in [0, 0.05) is 30.0 Å². The average Bonchev–Trinajstić information content (AvgIpc) is 3.50. The minimum Gasteiger partial charge on any atom is -0.383 e. The zero-order valence-electron chi connectivity index (χ0n) is 28.2. The minimum atomic E-state index is -0.926. The standard InChI is InChI=1S/C42H40ClFN4O2/c1-29(28-50-2)47-25-23-30(24-26-47)41(49)45-40-35-27-31(39-36(43)19-12-20-37(39)44)21-22-38(35)48(46-40)42(32-13-6-3-7-14-32,33-15-8-4-9-16-33)34-17-10-5-11-18-34/h3-22,27,29-30H,23-26,28H2,1-2H3,(H,45,46,49). The van der Waals surface area contributed by atoms with Gasteiger partial charge in [-0.05, 0) is 79.4 Å².